The molecular weight excluding hydrogens is 332 g/mol. The van der Waals surface area contributed by atoms with E-state index in [9.17, 15) is 9.59 Å². The molecule has 0 aromatic carbocycles. The molecule has 2 aromatic rings. The Morgan fingerprint density at radius 3 is 2.70 bits per heavy atom. The van der Waals surface area contributed by atoms with Gasteiger partial charge in [-0.25, -0.2) is 4.98 Å². The first-order chi connectivity index (χ1) is 11.0. The number of rotatable bonds is 7. The van der Waals surface area contributed by atoms with E-state index in [4.69, 9.17) is 4.74 Å². The molecule has 0 aliphatic carbocycles. The molecular formula is C16H20N2O3S2. The Kier molecular flexibility index (Phi) is 6.29. The first kappa shape index (κ1) is 17.6. The number of aryl methyl sites for hydroxylation is 1. The van der Waals surface area contributed by atoms with E-state index < -0.39 is 5.97 Å². The molecule has 23 heavy (non-hydrogen) atoms. The number of nitrogens with one attached hydrogen (secondary N) is 1. The van der Waals surface area contributed by atoms with Gasteiger partial charge in [-0.2, -0.15) is 0 Å². The summed E-state index contributed by atoms with van der Waals surface area (Å²) < 4.78 is 5.03. The van der Waals surface area contributed by atoms with Crippen LogP contribution in [0, 0.1) is 12.8 Å². The highest BCUT2D eigenvalue weighted by Crippen LogP contribution is 2.25. The van der Waals surface area contributed by atoms with E-state index in [0.717, 1.165) is 9.88 Å². The third kappa shape index (κ3) is 5.44. The molecule has 0 aliphatic heterocycles. The zero-order valence-corrected chi connectivity index (χ0v) is 15.0. The number of thiophene rings is 1. The summed E-state index contributed by atoms with van der Waals surface area (Å²) in [5, 5.41) is 7.63. The molecule has 5 nitrogen and oxygen atoms in total. The van der Waals surface area contributed by atoms with Crippen molar-refractivity contribution in [2.75, 3.05) is 6.61 Å². The van der Waals surface area contributed by atoms with Gasteiger partial charge in [0.25, 0.3) is 5.91 Å². The SMILES string of the molecule is Cc1nc(CC(=O)OCC(=O)NC(c2cccs2)C(C)C)cs1. The highest BCUT2D eigenvalue weighted by atomic mass is 32.1. The fraction of sp³-hybridized carbons (Fsp3) is 0.438. The third-order valence-corrected chi connectivity index (χ3v) is 4.97. The smallest absolute Gasteiger partial charge is 0.312 e. The van der Waals surface area contributed by atoms with E-state index in [2.05, 4.69) is 10.3 Å². The lowest BCUT2D eigenvalue weighted by Crippen LogP contribution is -2.34. The molecule has 0 spiro atoms. The van der Waals surface area contributed by atoms with Gasteiger partial charge in [-0.1, -0.05) is 19.9 Å². The van der Waals surface area contributed by atoms with Gasteiger partial charge in [-0.15, -0.1) is 22.7 Å². The van der Waals surface area contributed by atoms with E-state index >= 15 is 0 Å². The molecule has 0 bridgehead atoms. The highest BCUT2D eigenvalue weighted by molar-refractivity contribution is 7.10. The number of ether oxygens (including phenoxy) is 1. The van der Waals surface area contributed by atoms with Crippen LogP contribution in [-0.4, -0.2) is 23.5 Å². The maximum Gasteiger partial charge on any atom is 0.312 e. The maximum atomic E-state index is 12.0. The average molecular weight is 352 g/mol. The number of aromatic nitrogens is 1. The number of nitrogens with zero attached hydrogens (tertiary/aromatic N) is 1. The molecule has 0 saturated heterocycles. The number of carbonyl (C=O) groups is 2. The second-order valence-electron chi connectivity index (χ2n) is 5.50. The van der Waals surface area contributed by atoms with Crippen LogP contribution in [0.15, 0.2) is 22.9 Å². The summed E-state index contributed by atoms with van der Waals surface area (Å²) in [5.41, 5.74) is 0.677. The van der Waals surface area contributed by atoms with E-state index in [0.29, 0.717) is 5.69 Å². The molecule has 124 valence electrons. The molecule has 2 heterocycles. The molecule has 1 amide bonds. The van der Waals surface area contributed by atoms with Gasteiger partial charge < -0.3 is 10.1 Å². The lowest BCUT2D eigenvalue weighted by molar-refractivity contribution is -0.148. The summed E-state index contributed by atoms with van der Waals surface area (Å²) in [7, 11) is 0. The van der Waals surface area contributed by atoms with Gasteiger partial charge in [-0.3, -0.25) is 9.59 Å². The quantitative estimate of drug-likeness (QED) is 0.778. The van der Waals surface area contributed by atoms with Gasteiger partial charge in [0.05, 0.1) is 23.2 Å². The fourth-order valence-electron chi connectivity index (χ4n) is 2.08. The van der Waals surface area contributed by atoms with Crippen LogP contribution < -0.4 is 5.32 Å². The van der Waals surface area contributed by atoms with Crippen molar-refractivity contribution < 1.29 is 14.3 Å². The molecule has 0 radical (unpaired) electrons. The molecule has 1 unspecified atom stereocenters. The number of carbonyl (C=O) groups excluding carboxylic acids is 2. The van der Waals surface area contributed by atoms with Crippen molar-refractivity contribution in [1.82, 2.24) is 10.3 Å². The van der Waals surface area contributed by atoms with E-state index in [1.807, 2.05) is 43.7 Å². The summed E-state index contributed by atoms with van der Waals surface area (Å²) >= 11 is 3.08. The summed E-state index contributed by atoms with van der Waals surface area (Å²) in [4.78, 5) is 29.1. The lowest BCUT2D eigenvalue weighted by atomic mass is 10.0. The molecule has 2 aromatic heterocycles. The first-order valence-electron chi connectivity index (χ1n) is 7.35. The highest BCUT2D eigenvalue weighted by Gasteiger charge is 2.20. The van der Waals surface area contributed by atoms with Crippen LogP contribution >= 0.6 is 22.7 Å². The van der Waals surface area contributed by atoms with Crippen LogP contribution in [0.4, 0.5) is 0 Å². The maximum absolute atomic E-state index is 12.0. The van der Waals surface area contributed by atoms with Crippen molar-refractivity contribution in [3.8, 4) is 0 Å². The minimum absolute atomic E-state index is 0.0672. The summed E-state index contributed by atoms with van der Waals surface area (Å²) in [6.07, 6.45) is 0.0934. The lowest BCUT2D eigenvalue weighted by Gasteiger charge is -2.21. The van der Waals surface area contributed by atoms with Crippen molar-refractivity contribution >= 4 is 34.6 Å². The van der Waals surface area contributed by atoms with Crippen LogP contribution in [0.5, 0.6) is 0 Å². The molecule has 1 atom stereocenters. The van der Waals surface area contributed by atoms with Crippen molar-refractivity contribution in [3.63, 3.8) is 0 Å². The van der Waals surface area contributed by atoms with Crippen LogP contribution in [-0.2, 0) is 20.7 Å². The van der Waals surface area contributed by atoms with Crippen LogP contribution in [0.1, 0.15) is 35.5 Å². The van der Waals surface area contributed by atoms with Gasteiger partial charge in [-0.05, 0) is 24.3 Å². The Morgan fingerprint density at radius 1 is 1.35 bits per heavy atom. The molecule has 0 saturated carbocycles. The second-order valence-corrected chi connectivity index (χ2v) is 7.54. The summed E-state index contributed by atoms with van der Waals surface area (Å²) in [6, 6.07) is 3.88. The summed E-state index contributed by atoms with van der Waals surface area (Å²) in [6.45, 7) is 5.70. The standard InChI is InChI=1S/C16H20N2O3S2/c1-10(2)16(13-5-4-6-22-13)18-14(19)8-21-15(20)7-12-9-23-11(3)17-12/h4-6,9-10,16H,7-8H2,1-3H3,(H,18,19). The normalized spacial score (nSPS) is 12.2. The molecule has 2 rings (SSSR count). The predicted molar refractivity (Wildman–Crippen MR) is 91.6 cm³/mol. The minimum atomic E-state index is -0.442. The van der Waals surface area contributed by atoms with Crippen molar-refractivity contribution in [2.24, 2.45) is 5.92 Å². The minimum Gasteiger partial charge on any atom is -0.455 e. The van der Waals surface area contributed by atoms with E-state index in [1.165, 1.54) is 11.3 Å². The topological polar surface area (TPSA) is 68.3 Å². The second kappa shape index (κ2) is 8.21. The number of amides is 1. The van der Waals surface area contributed by atoms with Crippen LogP contribution in [0.2, 0.25) is 0 Å². The average Bonchev–Trinajstić information content (AvgIpc) is 3.14. The number of thiazole rings is 1. The van der Waals surface area contributed by atoms with Gasteiger partial charge in [0, 0.05) is 10.3 Å². The van der Waals surface area contributed by atoms with Gasteiger partial charge in [0.2, 0.25) is 0 Å². The molecule has 7 heteroatoms. The van der Waals surface area contributed by atoms with Crippen LogP contribution in [0.25, 0.3) is 0 Å². The fourth-order valence-corrected chi connectivity index (χ4v) is 3.65. The summed E-state index contributed by atoms with van der Waals surface area (Å²) in [5.74, 6) is -0.478. The molecule has 1 N–H and O–H groups in total. The van der Waals surface area contributed by atoms with Gasteiger partial charge in [0.15, 0.2) is 6.61 Å². The molecule has 0 fully saturated rings. The Morgan fingerprint density at radius 2 is 2.13 bits per heavy atom. The Balaban J connectivity index is 1.80. The van der Waals surface area contributed by atoms with Crippen molar-refractivity contribution in [1.29, 1.82) is 0 Å². The predicted octanol–water partition coefficient (Wildman–Crippen LogP) is 3.11. The zero-order valence-electron chi connectivity index (χ0n) is 13.4. The van der Waals surface area contributed by atoms with Crippen LogP contribution in [0.3, 0.4) is 0 Å². The Hall–Kier alpha value is -1.73. The largest absolute Gasteiger partial charge is 0.455 e. The van der Waals surface area contributed by atoms with Crippen molar-refractivity contribution in [2.45, 2.75) is 33.2 Å². The van der Waals surface area contributed by atoms with Crippen molar-refractivity contribution in [3.05, 3.63) is 38.5 Å². The number of hydrogen-bond donors (Lipinski definition) is 1. The Labute approximate surface area is 143 Å². The van der Waals surface area contributed by atoms with E-state index in [1.54, 1.807) is 11.3 Å². The first-order valence-corrected chi connectivity index (χ1v) is 9.11. The number of hydrogen-bond acceptors (Lipinski definition) is 6. The number of esters is 1. The van der Waals surface area contributed by atoms with Gasteiger partial charge in [0.1, 0.15) is 0 Å². The monoisotopic (exact) mass is 352 g/mol. The Bertz CT molecular complexity index is 650. The van der Waals surface area contributed by atoms with E-state index in [-0.39, 0.29) is 30.9 Å². The zero-order chi connectivity index (χ0) is 16.8. The van der Waals surface area contributed by atoms with Gasteiger partial charge >= 0.3 is 5.97 Å². The third-order valence-electron chi connectivity index (χ3n) is 3.19. The molecule has 0 aliphatic rings.